The molecule has 0 bridgehead atoms. The molecule has 0 saturated carbocycles. The molecule has 1 aromatic carbocycles. The zero-order chi connectivity index (χ0) is 27.4. The van der Waals surface area contributed by atoms with Gasteiger partial charge in [0.25, 0.3) is 5.91 Å². The highest BCUT2D eigenvalue weighted by Gasteiger charge is 2.32. The Morgan fingerprint density at radius 2 is 1.73 bits per heavy atom. The number of hydrogen-bond acceptors (Lipinski definition) is 7. The second kappa shape index (κ2) is 14.6. The van der Waals surface area contributed by atoms with Gasteiger partial charge in [0.1, 0.15) is 11.5 Å². The standard InChI is InChI=1S/C26H35N3O8/c1-4-7-8-9-20(19(5-2)24(31)29-35)23(30)27-15-28-25(32)22-11-10-21(37-22)16-12-17(26(33)34)14-18(13-16)36-6-3/h10-14,19-20,35H,4-9,15H2,1-3H3,(H,27,30)(H,28,32)(H,29,31)(H,33,34)/t19-,20-/m1/s1. The predicted octanol–water partition coefficient (Wildman–Crippen LogP) is 3.58. The minimum atomic E-state index is -1.13. The number of hydroxylamine groups is 1. The minimum absolute atomic E-state index is 0.0137. The quantitative estimate of drug-likeness (QED) is 0.103. The minimum Gasteiger partial charge on any atom is -0.494 e. The van der Waals surface area contributed by atoms with Crippen LogP contribution < -0.4 is 20.9 Å². The summed E-state index contributed by atoms with van der Waals surface area (Å²) in [6.07, 6.45) is 3.44. The molecular weight excluding hydrogens is 482 g/mol. The summed E-state index contributed by atoms with van der Waals surface area (Å²) in [6, 6.07) is 7.40. The van der Waals surface area contributed by atoms with Gasteiger partial charge in [-0.1, -0.05) is 33.1 Å². The van der Waals surface area contributed by atoms with Crippen LogP contribution in [0.1, 0.15) is 73.8 Å². The second-order valence-electron chi connectivity index (χ2n) is 8.46. The number of amides is 3. The summed E-state index contributed by atoms with van der Waals surface area (Å²) in [4.78, 5) is 48.9. The molecule has 202 valence electrons. The third kappa shape index (κ3) is 8.35. The van der Waals surface area contributed by atoms with E-state index in [9.17, 15) is 24.3 Å². The van der Waals surface area contributed by atoms with E-state index in [0.29, 0.717) is 30.8 Å². The van der Waals surface area contributed by atoms with Gasteiger partial charge in [0.2, 0.25) is 11.8 Å². The Morgan fingerprint density at radius 3 is 2.35 bits per heavy atom. The maximum Gasteiger partial charge on any atom is 0.335 e. The van der Waals surface area contributed by atoms with Gasteiger partial charge in [-0.15, -0.1) is 0 Å². The summed E-state index contributed by atoms with van der Waals surface area (Å²) in [5, 5.41) is 23.6. The smallest absolute Gasteiger partial charge is 0.335 e. The van der Waals surface area contributed by atoms with Crippen LogP contribution in [0.5, 0.6) is 5.75 Å². The molecule has 0 spiro atoms. The van der Waals surface area contributed by atoms with Gasteiger partial charge < -0.3 is 24.9 Å². The number of carboxylic acids is 1. The SMILES string of the molecule is CCCCC[C@@H](C(=O)NCNC(=O)c1ccc(-c2cc(OCC)cc(C(=O)O)c2)o1)[C@@H](CC)C(=O)NO. The largest absolute Gasteiger partial charge is 0.494 e. The van der Waals surface area contributed by atoms with Crippen molar-refractivity contribution in [2.24, 2.45) is 11.8 Å². The van der Waals surface area contributed by atoms with Crippen molar-refractivity contribution in [2.45, 2.75) is 52.9 Å². The molecule has 11 nitrogen and oxygen atoms in total. The third-order valence-corrected chi connectivity index (χ3v) is 5.92. The van der Waals surface area contributed by atoms with Crippen molar-refractivity contribution in [1.29, 1.82) is 0 Å². The molecule has 1 aromatic heterocycles. The highest BCUT2D eigenvalue weighted by Crippen LogP contribution is 2.28. The van der Waals surface area contributed by atoms with Crippen molar-refractivity contribution >= 4 is 23.7 Å². The second-order valence-corrected chi connectivity index (χ2v) is 8.46. The fourth-order valence-corrected chi connectivity index (χ4v) is 4.02. The van der Waals surface area contributed by atoms with E-state index in [1.165, 1.54) is 24.3 Å². The molecule has 0 unspecified atom stereocenters. The lowest BCUT2D eigenvalue weighted by Crippen LogP contribution is -2.44. The Labute approximate surface area is 215 Å². The molecule has 0 aliphatic heterocycles. The average Bonchev–Trinajstić information content (AvgIpc) is 3.38. The van der Waals surface area contributed by atoms with Crippen LogP contribution in [0.25, 0.3) is 11.3 Å². The van der Waals surface area contributed by atoms with Crippen molar-refractivity contribution < 1.29 is 38.6 Å². The fourth-order valence-electron chi connectivity index (χ4n) is 4.02. The van der Waals surface area contributed by atoms with Crippen LogP contribution >= 0.6 is 0 Å². The number of nitrogens with one attached hydrogen (secondary N) is 3. The summed E-state index contributed by atoms with van der Waals surface area (Å²) >= 11 is 0. The summed E-state index contributed by atoms with van der Waals surface area (Å²) in [5.74, 6) is -3.50. The number of carbonyl (C=O) groups excluding carboxylic acids is 3. The molecule has 0 fully saturated rings. The van der Waals surface area contributed by atoms with E-state index in [0.717, 1.165) is 19.3 Å². The molecule has 3 amide bonds. The third-order valence-electron chi connectivity index (χ3n) is 5.92. The van der Waals surface area contributed by atoms with E-state index in [-0.39, 0.29) is 23.8 Å². The number of benzene rings is 1. The van der Waals surface area contributed by atoms with E-state index in [2.05, 4.69) is 10.6 Å². The van der Waals surface area contributed by atoms with Gasteiger partial charge in [0, 0.05) is 11.5 Å². The van der Waals surface area contributed by atoms with Gasteiger partial charge in [-0.2, -0.15) is 0 Å². The highest BCUT2D eigenvalue weighted by molar-refractivity contribution is 5.93. The van der Waals surface area contributed by atoms with E-state index in [1.54, 1.807) is 25.4 Å². The molecule has 2 rings (SSSR count). The van der Waals surface area contributed by atoms with Crippen molar-refractivity contribution in [1.82, 2.24) is 16.1 Å². The molecule has 2 aromatic rings. The molecule has 0 aliphatic carbocycles. The Kier molecular flexibility index (Phi) is 11.6. The zero-order valence-electron chi connectivity index (χ0n) is 21.3. The number of carbonyl (C=O) groups is 4. The first-order chi connectivity index (χ1) is 17.7. The first-order valence-corrected chi connectivity index (χ1v) is 12.4. The molecule has 37 heavy (non-hydrogen) atoms. The Morgan fingerprint density at radius 1 is 0.973 bits per heavy atom. The fraction of sp³-hybridized carbons (Fsp3) is 0.462. The van der Waals surface area contributed by atoms with Crippen LogP contribution in [0.4, 0.5) is 0 Å². The predicted molar refractivity (Wildman–Crippen MR) is 134 cm³/mol. The number of carboxylic acid groups (broad SMARTS) is 1. The lowest BCUT2D eigenvalue weighted by molar-refractivity contribution is -0.140. The van der Waals surface area contributed by atoms with E-state index in [4.69, 9.17) is 14.4 Å². The maximum absolute atomic E-state index is 12.8. The number of hydrogen-bond donors (Lipinski definition) is 5. The summed E-state index contributed by atoms with van der Waals surface area (Å²) in [7, 11) is 0. The van der Waals surface area contributed by atoms with Gasteiger partial charge >= 0.3 is 5.97 Å². The zero-order valence-corrected chi connectivity index (χ0v) is 21.3. The van der Waals surface area contributed by atoms with Gasteiger partial charge in [-0.3, -0.25) is 19.6 Å². The Hall–Kier alpha value is -3.86. The lowest BCUT2D eigenvalue weighted by Gasteiger charge is -2.24. The van der Waals surface area contributed by atoms with E-state index >= 15 is 0 Å². The molecule has 0 saturated heterocycles. The molecule has 1 heterocycles. The number of ether oxygens (including phenoxy) is 1. The maximum atomic E-state index is 12.8. The number of aromatic carboxylic acids is 1. The molecule has 5 N–H and O–H groups in total. The number of unbranched alkanes of at least 4 members (excludes halogenated alkanes) is 2. The van der Waals surface area contributed by atoms with Crippen LogP contribution in [0.2, 0.25) is 0 Å². The first-order valence-electron chi connectivity index (χ1n) is 12.4. The molecular formula is C26H35N3O8. The Balaban J connectivity index is 2.05. The van der Waals surface area contributed by atoms with Gasteiger partial charge in [0.05, 0.1) is 24.8 Å². The number of rotatable bonds is 15. The van der Waals surface area contributed by atoms with Crippen LogP contribution in [-0.4, -0.2) is 47.3 Å². The van der Waals surface area contributed by atoms with E-state index < -0.39 is 35.5 Å². The topological polar surface area (TPSA) is 167 Å². The summed E-state index contributed by atoms with van der Waals surface area (Å²) in [6.45, 7) is 5.72. The summed E-state index contributed by atoms with van der Waals surface area (Å²) < 4.78 is 11.0. The van der Waals surface area contributed by atoms with Gasteiger partial charge in [-0.05, 0) is 50.1 Å². The van der Waals surface area contributed by atoms with Crippen LogP contribution in [0, 0.1) is 11.8 Å². The molecule has 0 aliphatic rings. The van der Waals surface area contributed by atoms with Crippen molar-refractivity contribution in [3.05, 3.63) is 41.7 Å². The van der Waals surface area contributed by atoms with Crippen molar-refractivity contribution in [3.63, 3.8) is 0 Å². The first kappa shape index (κ1) is 29.4. The normalized spacial score (nSPS) is 12.3. The highest BCUT2D eigenvalue weighted by atomic mass is 16.5. The van der Waals surface area contributed by atoms with Crippen molar-refractivity contribution in [2.75, 3.05) is 13.3 Å². The van der Waals surface area contributed by atoms with E-state index in [1.807, 2.05) is 6.92 Å². The summed E-state index contributed by atoms with van der Waals surface area (Å²) in [5.41, 5.74) is 2.07. The van der Waals surface area contributed by atoms with Crippen LogP contribution in [-0.2, 0) is 9.59 Å². The molecule has 11 heteroatoms. The molecule has 0 radical (unpaired) electrons. The van der Waals surface area contributed by atoms with Gasteiger partial charge in [-0.25, -0.2) is 10.3 Å². The van der Waals surface area contributed by atoms with Crippen LogP contribution in [0.15, 0.2) is 34.7 Å². The van der Waals surface area contributed by atoms with Gasteiger partial charge in [0.15, 0.2) is 5.76 Å². The lowest BCUT2D eigenvalue weighted by atomic mass is 9.84. The van der Waals surface area contributed by atoms with Crippen molar-refractivity contribution in [3.8, 4) is 17.1 Å². The Bertz CT molecular complexity index is 1080. The molecule has 2 atom stereocenters. The number of furan rings is 1. The van der Waals surface area contributed by atoms with Crippen LogP contribution in [0.3, 0.4) is 0 Å². The average molecular weight is 518 g/mol. The monoisotopic (exact) mass is 517 g/mol.